The molecule has 0 aliphatic heterocycles. The maximum absolute atomic E-state index is 5.72. The van der Waals surface area contributed by atoms with Gasteiger partial charge in [-0.1, -0.05) is 19.9 Å². The number of hydrogen-bond acceptors (Lipinski definition) is 3. The Morgan fingerprint density at radius 1 is 1.22 bits per heavy atom. The molecule has 0 aliphatic carbocycles. The minimum Gasteiger partial charge on any atom is -0.492 e. The molecule has 1 N–H and O–H groups in total. The van der Waals surface area contributed by atoms with Gasteiger partial charge in [0.25, 0.3) is 0 Å². The van der Waals surface area contributed by atoms with Crippen LogP contribution in [-0.2, 0) is 0 Å². The maximum Gasteiger partial charge on any atom is 0.121 e. The Morgan fingerprint density at radius 3 is 2.56 bits per heavy atom. The normalized spacial score (nSPS) is 12.8. The maximum atomic E-state index is 5.72. The van der Waals surface area contributed by atoms with Gasteiger partial charge in [-0.05, 0) is 39.1 Å². The molecular weight excluding hydrogens is 224 g/mol. The van der Waals surface area contributed by atoms with E-state index in [1.165, 1.54) is 0 Å². The Labute approximate surface area is 111 Å². The topological polar surface area (TPSA) is 24.5 Å². The first-order valence-electron chi connectivity index (χ1n) is 6.63. The highest BCUT2D eigenvalue weighted by atomic mass is 16.5. The molecule has 1 rings (SSSR count). The smallest absolute Gasteiger partial charge is 0.121 e. The van der Waals surface area contributed by atoms with Gasteiger partial charge in [-0.3, -0.25) is 0 Å². The van der Waals surface area contributed by atoms with Crippen LogP contribution in [0.3, 0.4) is 0 Å². The van der Waals surface area contributed by atoms with Gasteiger partial charge >= 0.3 is 0 Å². The SMILES string of the molecule is CC(C)C(C)Nc1cccc(OCCN(C)C)c1. The second kappa shape index (κ2) is 7.27. The lowest BCUT2D eigenvalue weighted by molar-refractivity contribution is 0.261. The minimum absolute atomic E-state index is 0.460. The predicted octanol–water partition coefficient (Wildman–Crippen LogP) is 3.08. The Hall–Kier alpha value is -1.22. The fourth-order valence-electron chi connectivity index (χ4n) is 1.45. The number of nitrogens with zero attached hydrogens (tertiary/aromatic N) is 1. The average molecular weight is 250 g/mol. The van der Waals surface area contributed by atoms with Gasteiger partial charge in [0.2, 0.25) is 0 Å². The molecule has 0 saturated heterocycles. The van der Waals surface area contributed by atoms with Crippen LogP contribution < -0.4 is 10.1 Å². The number of hydrogen-bond donors (Lipinski definition) is 1. The van der Waals surface area contributed by atoms with Crippen LogP contribution in [0, 0.1) is 5.92 Å². The van der Waals surface area contributed by atoms with Gasteiger partial charge < -0.3 is 15.0 Å². The zero-order chi connectivity index (χ0) is 13.5. The third kappa shape index (κ3) is 5.41. The summed E-state index contributed by atoms with van der Waals surface area (Å²) in [5, 5.41) is 3.49. The molecule has 0 spiro atoms. The van der Waals surface area contributed by atoms with E-state index < -0.39 is 0 Å². The number of nitrogens with one attached hydrogen (secondary N) is 1. The van der Waals surface area contributed by atoms with E-state index in [4.69, 9.17) is 4.74 Å². The van der Waals surface area contributed by atoms with E-state index >= 15 is 0 Å². The van der Waals surface area contributed by atoms with Crippen LogP contribution in [0.1, 0.15) is 20.8 Å². The summed E-state index contributed by atoms with van der Waals surface area (Å²) in [7, 11) is 4.09. The quantitative estimate of drug-likeness (QED) is 0.805. The molecule has 0 heterocycles. The van der Waals surface area contributed by atoms with Crippen molar-refractivity contribution in [3.05, 3.63) is 24.3 Å². The van der Waals surface area contributed by atoms with Crippen molar-refractivity contribution in [2.45, 2.75) is 26.8 Å². The Balaban J connectivity index is 2.51. The van der Waals surface area contributed by atoms with Gasteiger partial charge in [0.15, 0.2) is 0 Å². The van der Waals surface area contributed by atoms with E-state index in [1.807, 2.05) is 26.2 Å². The molecule has 1 unspecified atom stereocenters. The fourth-order valence-corrected chi connectivity index (χ4v) is 1.45. The van der Waals surface area contributed by atoms with Crippen LogP contribution >= 0.6 is 0 Å². The number of likely N-dealkylation sites (N-methyl/N-ethyl adjacent to an activating group) is 1. The van der Waals surface area contributed by atoms with E-state index in [2.05, 4.69) is 43.1 Å². The van der Waals surface area contributed by atoms with Crippen LogP contribution in [0.15, 0.2) is 24.3 Å². The Kier molecular flexibility index (Phi) is 5.99. The van der Waals surface area contributed by atoms with E-state index in [-0.39, 0.29) is 0 Å². The summed E-state index contributed by atoms with van der Waals surface area (Å²) in [6.07, 6.45) is 0. The highest BCUT2D eigenvalue weighted by Crippen LogP contribution is 2.19. The van der Waals surface area contributed by atoms with Crippen molar-refractivity contribution in [1.29, 1.82) is 0 Å². The van der Waals surface area contributed by atoms with Gasteiger partial charge in [-0.15, -0.1) is 0 Å². The summed E-state index contributed by atoms with van der Waals surface area (Å²) in [5.74, 6) is 1.54. The highest BCUT2D eigenvalue weighted by molar-refractivity contribution is 5.48. The van der Waals surface area contributed by atoms with Crippen LogP contribution in [0.25, 0.3) is 0 Å². The Bertz CT molecular complexity index is 350. The molecule has 0 radical (unpaired) electrons. The van der Waals surface area contributed by atoms with Crippen molar-refractivity contribution in [2.24, 2.45) is 5.92 Å². The van der Waals surface area contributed by atoms with Crippen LogP contribution in [0.5, 0.6) is 5.75 Å². The molecule has 0 saturated carbocycles. The molecule has 18 heavy (non-hydrogen) atoms. The van der Waals surface area contributed by atoms with Gasteiger partial charge in [-0.2, -0.15) is 0 Å². The van der Waals surface area contributed by atoms with E-state index in [9.17, 15) is 0 Å². The Morgan fingerprint density at radius 2 is 1.94 bits per heavy atom. The molecule has 3 heteroatoms. The van der Waals surface area contributed by atoms with Gasteiger partial charge in [0, 0.05) is 24.3 Å². The second-order valence-electron chi connectivity index (χ2n) is 5.36. The summed E-state index contributed by atoms with van der Waals surface area (Å²) in [5.41, 5.74) is 1.12. The summed E-state index contributed by atoms with van der Waals surface area (Å²) in [6, 6.07) is 8.63. The fraction of sp³-hybridized carbons (Fsp3) is 0.600. The molecule has 102 valence electrons. The van der Waals surface area contributed by atoms with Crippen molar-refractivity contribution >= 4 is 5.69 Å². The first kappa shape index (κ1) is 14.8. The first-order valence-corrected chi connectivity index (χ1v) is 6.63. The molecular formula is C15H26N2O. The zero-order valence-corrected chi connectivity index (χ0v) is 12.2. The van der Waals surface area contributed by atoms with Crippen molar-refractivity contribution in [1.82, 2.24) is 4.90 Å². The molecule has 0 bridgehead atoms. The van der Waals surface area contributed by atoms with Crippen LogP contribution in [0.2, 0.25) is 0 Å². The largest absolute Gasteiger partial charge is 0.492 e. The van der Waals surface area contributed by atoms with Crippen LogP contribution in [-0.4, -0.2) is 38.2 Å². The first-order chi connectivity index (χ1) is 8.49. The molecule has 0 aromatic heterocycles. The summed E-state index contributed by atoms with van der Waals surface area (Å²) in [4.78, 5) is 2.11. The summed E-state index contributed by atoms with van der Waals surface area (Å²) in [6.45, 7) is 8.28. The van der Waals surface area contributed by atoms with Gasteiger partial charge in [0.05, 0.1) is 0 Å². The lowest BCUT2D eigenvalue weighted by Gasteiger charge is -2.19. The highest BCUT2D eigenvalue weighted by Gasteiger charge is 2.06. The van der Waals surface area contributed by atoms with Crippen LogP contribution in [0.4, 0.5) is 5.69 Å². The average Bonchev–Trinajstić information content (AvgIpc) is 2.28. The van der Waals surface area contributed by atoms with E-state index in [0.717, 1.165) is 24.6 Å². The number of benzene rings is 1. The molecule has 0 amide bonds. The third-order valence-corrected chi connectivity index (χ3v) is 3.04. The van der Waals surface area contributed by atoms with E-state index in [1.54, 1.807) is 0 Å². The number of rotatable bonds is 7. The minimum atomic E-state index is 0.460. The summed E-state index contributed by atoms with van der Waals surface area (Å²) >= 11 is 0. The van der Waals surface area contributed by atoms with Gasteiger partial charge in [0.1, 0.15) is 12.4 Å². The van der Waals surface area contributed by atoms with Crippen molar-refractivity contribution < 1.29 is 4.74 Å². The molecule has 1 aromatic carbocycles. The monoisotopic (exact) mass is 250 g/mol. The predicted molar refractivity (Wildman–Crippen MR) is 78.4 cm³/mol. The molecule has 0 aliphatic rings. The van der Waals surface area contributed by atoms with Crippen molar-refractivity contribution in [3.8, 4) is 5.75 Å². The standard InChI is InChI=1S/C15H26N2O/c1-12(2)13(3)16-14-7-6-8-15(11-14)18-10-9-17(4)5/h6-8,11-13,16H,9-10H2,1-5H3. The van der Waals surface area contributed by atoms with Gasteiger partial charge in [-0.25, -0.2) is 0 Å². The van der Waals surface area contributed by atoms with Crippen molar-refractivity contribution in [2.75, 3.05) is 32.6 Å². The number of ether oxygens (including phenoxy) is 1. The molecule has 3 nitrogen and oxygen atoms in total. The van der Waals surface area contributed by atoms with E-state index in [0.29, 0.717) is 12.0 Å². The second-order valence-corrected chi connectivity index (χ2v) is 5.36. The zero-order valence-electron chi connectivity index (χ0n) is 12.2. The molecule has 1 aromatic rings. The lowest BCUT2D eigenvalue weighted by Crippen LogP contribution is -2.21. The van der Waals surface area contributed by atoms with Crippen molar-refractivity contribution in [3.63, 3.8) is 0 Å². The summed E-state index contributed by atoms with van der Waals surface area (Å²) < 4.78 is 5.72. The third-order valence-electron chi connectivity index (χ3n) is 3.04. The number of anilines is 1. The molecule has 1 atom stereocenters. The lowest BCUT2D eigenvalue weighted by atomic mass is 10.1. The molecule has 0 fully saturated rings.